The molecule has 0 aliphatic heterocycles. The molecule has 15 heavy (non-hydrogen) atoms. The molecular formula is C12H19N3. The molecule has 0 unspecified atom stereocenters. The Morgan fingerprint density at radius 3 is 2.87 bits per heavy atom. The molecule has 1 aromatic rings. The summed E-state index contributed by atoms with van der Waals surface area (Å²) >= 11 is 0. The van der Waals surface area contributed by atoms with Crippen LogP contribution in [0.4, 0.5) is 0 Å². The summed E-state index contributed by atoms with van der Waals surface area (Å²) in [6, 6.07) is 0.844. The zero-order valence-corrected chi connectivity index (χ0v) is 9.37. The van der Waals surface area contributed by atoms with Gasteiger partial charge in [-0.15, -0.1) is 0 Å². The summed E-state index contributed by atoms with van der Waals surface area (Å²) in [4.78, 5) is 0. The predicted molar refractivity (Wildman–Crippen MR) is 59.6 cm³/mol. The average Bonchev–Trinajstić information content (AvgIpc) is 3.08. The summed E-state index contributed by atoms with van der Waals surface area (Å²) < 4.78 is 1.90. The van der Waals surface area contributed by atoms with Crippen molar-refractivity contribution in [3.8, 4) is 0 Å². The molecule has 2 aliphatic rings. The highest BCUT2D eigenvalue weighted by molar-refractivity contribution is 5.12. The number of hydrogen-bond donors (Lipinski definition) is 1. The summed E-state index contributed by atoms with van der Waals surface area (Å²) in [6.07, 6.45) is 10.9. The van der Waals surface area contributed by atoms with Crippen LogP contribution in [-0.2, 0) is 13.5 Å². The van der Waals surface area contributed by atoms with Gasteiger partial charge in [0.25, 0.3) is 0 Å². The van der Waals surface area contributed by atoms with Gasteiger partial charge in [0.15, 0.2) is 0 Å². The smallest absolute Gasteiger partial charge is 0.0521 e. The van der Waals surface area contributed by atoms with Gasteiger partial charge in [0.05, 0.1) is 6.20 Å². The first kappa shape index (κ1) is 9.40. The summed E-state index contributed by atoms with van der Waals surface area (Å²) in [5.41, 5.74) is 1.97. The Morgan fingerprint density at radius 1 is 1.53 bits per heavy atom. The quantitative estimate of drug-likeness (QED) is 0.789. The van der Waals surface area contributed by atoms with Crippen molar-refractivity contribution in [2.24, 2.45) is 12.5 Å². The Kier molecular flexibility index (Phi) is 2.09. The molecule has 0 saturated heterocycles. The highest BCUT2D eigenvalue weighted by atomic mass is 15.2. The van der Waals surface area contributed by atoms with E-state index in [1.54, 1.807) is 0 Å². The van der Waals surface area contributed by atoms with E-state index in [1.165, 1.54) is 44.2 Å². The molecule has 3 rings (SSSR count). The van der Waals surface area contributed by atoms with Crippen molar-refractivity contribution in [2.75, 3.05) is 6.54 Å². The van der Waals surface area contributed by atoms with Gasteiger partial charge in [-0.25, -0.2) is 0 Å². The van der Waals surface area contributed by atoms with Crippen molar-refractivity contribution in [3.63, 3.8) is 0 Å². The van der Waals surface area contributed by atoms with Crippen molar-refractivity contribution in [1.29, 1.82) is 0 Å². The Morgan fingerprint density at radius 2 is 2.33 bits per heavy atom. The van der Waals surface area contributed by atoms with Gasteiger partial charge in [-0.1, -0.05) is 0 Å². The first-order valence-corrected chi connectivity index (χ1v) is 5.97. The molecule has 0 bridgehead atoms. The predicted octanol–water partition coefficient (Wildman–Crippen LogP) is 1.49. The van der Waals surface area contributed by atoms with Crippen LogP contribution in [0, 0.1) is 5.41 Å². The molecule has 2 aliphatic carbocycles. The molecule has 0 atom stereocenters. The number of aromatic nitrogens is 2. The Bertz CT molecular complexity index is 348. The van der Waals surface area contributed by atoms with Gasteiger partial charge in [0.1, 0.15) is 0 Å². The first-order chi connectivity index (χ1) is 7.26. The lowest BCUT2D eigenvalue weighted by molar-refractivity contribution is 0.453. The second-order valence-electron chi connectivity index (χ2n) is 5.35. The molecule has 2 fully saturated rings. The lowest BCUT2D eigenvalue weighted by atomic mass is 9.98. The highest BCUT2D eigenvalue weighted by Gasteiger charge is 2.43. The van der Waals surface area contributed by atoms with E-state index in [1.807, 2.05) is 17.9 Å². The zero-order valence-electron chi connectivity index (χ0n) is 9.37. The van der Waals surface area contributed by atoms with Crippen LogP contribution >= 0.6 is 0 Å². The minimum absolute atomic E-state index is 0.575. The molecule has 1 heterocycles. The van der Waals surface area contributed by atoms with E-state index in [0.717, 1.165) is 6.04 Å². The third kappa shape index (κ3) is 2.23. The lowest BCUT2D eigenvalue weighted by Crippen LogP contribution is -2.27. The van der Waals surface area contributed by atoms with Crippen LogP contribution < -0.4 is 5.32 Å². The van der Waals surface area contributed by atoms with Crippen LogP contribution in [0.25, 0.3) is 0 Å². The van der Waals surface area contributed by atoms with Crippen LogP contribution in [0.3, 0.4) is 0 Å². The van der Waals surface area contributed by atoms with Gasteiger partial charge in [-0.2, -0.15) is 5.10 Å². The highest BCUT2D eigenvalue weighted by Crippen LogP contribution is 2.48. The fraction of sp³-hybridized carbons (Fsp3) is 0.750. The molecule has 3 heteroatoms. The minimum atomic E-state index is 0.575. The number of rotatable bonds is 5. The van der Waals surface area contributed by atoms with Gasteiger partial charge in [-0.3, -0.25) is 4.68 Å². The van der Waals surface area contributed by atoms with Crippen LogP contribution in [0.5, 0.6) is 0 Å². The molecule has 0 spiro atoms. The fourth-order valence-electron chi connectivity index (χ4n) is 2.24. The maximum absolute atomic E-state index is 4.23. The summed E-state index contributed by atoms with van der Waals surface area (Å²) in [5.74, 6) is 0. The third-order valence-corrected chi connectivity index (χ3v) is 3.64. The maximum Gasteiger partial charge on any atom is 0.0521 e. The van der Waals surface area contributed by atoms with Gasteiger partial charge in [-0.05, 0) is 43.1 Å². The normalized spacial score (nSPS) is 23.0. The zero-order chi connectivity index (χ0) is 10.3. The van der Waals surface area contributed by atoms with E-state index in [4.69, 9.17) is 0 Å². The SMILES string of the molecule is Cn1cc(CC2(CNC3CC3)CC2)cn1. The van der Waals surface area contributed by atoms with E-state index in [2.05, 4.69) is 16.6 Å². The molecular weight excluding hydrogens is 186 g/mol. The number of aryl methyl sites for hydroxylation is 1. The van der Waals surface area contributed by atoms with Gasteiger partial charge >= 0.3 is 0 Å². The van der Waals surface area contributed by atoms with Crippen molar-refractivity contribution < 1.29 is 0 Å². The monoisotopic (exact) mass is 205 g/mol. The third-order valence-electron chi connectivity index (χ3n) is 3.64. The minimum Gasteiger partial charge on any atom is -0.313 e. The van der Waals surface area contributed by atoms with E-state index in [-0.39, 0.29) is 0 Å². The van der Waals surface area contributed by atoms with Crippen molar-refractivity contribution >= 4 is 0 Å². The van der Waals surface area contributed by atoms with Gasteiger partial charge in [0.2, 0.25) is 0 Å². The topological polar surface area (TPSA) is 29.9 Å². The number of nitrogens with one attached hydrogen (secondary N) is 1. The summed E-state index contributed by atoms with van der Waals surface area (Å²) in [6.45, 7) is 1.21. The molecule has 82 valence electrons. The first-order valence-electron chi connectivity index (χ1n) is 5.97. The van der Waals surface area contributed by atoms with Crippen LogP contribution in [0.15, 0.2) is 12.4 Å². The largest absolute Gasteiger partial charge is 0.313 e. The van der Waals surface area contributed by atoms with Crippen LogP contribution in [0.2, 0.25) is 0 Å². The Hall–Kier alpha value is -0.830. The standard InChI is InChI=1S/C12H19N3/c1-15-8-10(7-14-15)6-12(4-5-12)9-13-11-2-3-11/h7-8,11,13H,2-6,9H2,1H3. The van der Waals surface area contributed by atoms with E-state index in [9.17, 15) is 0 Å². The number of nitrogens with zero attached hydrogens (tertiary/aromatic N) is 2. The Labute approximate surface area is 90.9 Å². The van der Waals surface area contributed by atoms with Gasteiger partial charge in [0, 0.05) is 25.8 Å². The average molecular weight is 205 g/mol. The summed E-state index contributed by atoms with van der Waals surface area (Å²) in [5, 5.41) is 7.89. The van der Waals surface area contributed by atoms with E-state index in [0.29, 0.717) is 5.41 Å². The Balaban J connectivity index is 1.56. The second-order valence-corrected chi connectivity index (χ2v) is 5.35. The molecule has 2 saturated carbocycles. The molecule has 0 radical (unpaired) electrons. The van der Waals surface area contributed by atoms with Crippen molar-refractivity contribution in [2.45, 2.75) is 38.1 Å². The van der Waals surface area contributed by atoms with Crippen molar-refractivity contribution in [3.05, 3.63) is 18.0 Å². The fourth-order valence-corrected chi connectivity index (χ4v) is 2.24. The van der Waals surface area contributed by atoms with Gasteiger partial charge < -0.3 is 5.32 Å². The van der Waals surface area contributed by atoms with Crippen molar-refractivity contribution in [1.82, 2.24) is 15.1 Å². The summed E-state index contributed by atoms with van der Waals surface area (Å²) in [7, 11) is 1.99. The lowest BCUT2D eigenvalue weighted by Gasteiger charge is -2.14. The van der Waals surface area contributed by atoms with Crippen LogP contribution in [0.1, 0.15) is 31.2 Å². The molecule has 0 aromatic carbocycles. The van der Waals surface area contributed by atoms with E-state index < -0.39 is 0 Å². The number of hydrogen-bond acceptors (Lipinski definition) is 2. The maximum atomic E-state index is 4.23. The second kappa shape index (κ2) is 3.34. The van der Waals surface area contributed by atoms with Crippen LogP contribution in [-0.4, -0.2) is 22.4 Å². The molecule has 0 amide bonds. The molecule has 1 aromatic heterocycles. The van der Waals surface area contributed by atoms with E-state index >= 15 is 0 Å². The molecule has 3 nitrogen and oxygen atoms in total. The molecule has 1 N–H and O–H groups in total.